The molecule has 2 heterocycles. The molecule has 0 unspecified atom stereocenters. The molecular formula is C31H41BrN4O2. The second-order valence-corrected chi connectivity index (χ2v) is 11.0. The SMILES string of the molecule is Br.c1cc(C2=N[C@H]3CCCC[C@@H]3N2)ccc1OCCCCCOc1ccc(C2=N[C@@H]3CCCC[C@H]3N2)cc1. The van der Waals surface area contributed by atoms with E-state index in [1.54, 1.807) is 0 Å². The molecule has 204 valence electrons. The fourth-order valence-corrected chi connectivity index (χ4v) is 6.12. The Labute approximate surface area is 237 Å². The van der Waals surface area contributed by atoms with Gasteiger partial charge < -0.3 is 20.1 Å². The highest BCUT2D eigenvalue weighted by Crippen LogP contribution is 2.28. The lowest BCUT2D eigenvalue weighted by molar-refractivity contribution is 0.279. The van der Waals surface area contributed by atoms with Crippen molar-refractivity contribution in [3.05, 3.63) is 59.7 Å². The van der Waals surface area contributed by atoms with Crippen LogP contribution in [0.3, 0.4) is 0 Å². The predicted octanol–water partition coefficient (Wildman–Crippen LogP) is 6.21. The molecule has 0 bridgehead atoms. The fourth-order valence-electron chi connectivity index (χ4n) is 6.12. The minimum atomic E-state index is 0. The molecule has 2 N–H and O–H groups in total. The normalized spacial score (nSPS) is 25.6. The van der Waals surface area contributed by atoms with Crippen molar-refractivity contribution in [3.63, 3.8) is 0 Å². The number of aliphatic imine (C=N–C) groups is 2. The topological polar surface area (TPSA) is 67.2 Å². The molecule has 4 atom stereocenters. The number of hydrogen-bond acceptors (Lipinski definition) is 6. The van der Waals surface area contributed by atoms with Gasteiger partial charge in [-0.1, -0.05) is 25.7 Å². The summed E-state index contributed by atoms with van der Waals surface area (Å²) in [6.45, 7) is 1.46. The van der Waals surface area contributed by atoms with Crippen LogP contribution in [0, 0.1) is 0 Å². The van der Waals surface area contributed by atoms with Crippen LogP contribution in [0.2, 0.25) is 0 Å². The van der Waals surface area contributed by atoms with E-state index in [2.05, 4.69) is 59.2 Å². The van der Waals surface area contributed by atoms with Gasteiger partial charge in [-0.25, -0.2) is 0 Å². The second-order valence-electron chi connectivity index (χ2n) is 11.0. The highest BCUT2D eigenvalue weighted by Gasteiger charge is 2.32. The third-order valence-corrected chi connectivity index (χ3v) is 8.27. The summed E-state index contributed by atoms with van der Waals surface area (Å²) < 4.78 is 11.9. The minimum absolute atomic E-state index is 0. The summed E-state index contributed by atoms with van der Waals surface area (Å²) in [4.78, 5) is 9.83. The number of nitrogens with one attached hydrogen (secondary N) is 2. The van der Waals surface area contributed by atoms with Crippen LogP contribution in [-0.2, 0) is 0 Å². The van der Waals surface area contributed by atoms with Gasteiger partial charge in [0.25, 0.3) is 0 Å². The number of nitrogens with zero attached hydrogens (tertiary/aromatic N) is 2. The van der Waals surface area contributed by atoms with E-state index < -0.39 is 0 Å². The molecule has 38 heavy (non-hydrogen) atoms. The van der Waals surface area contributed by atoms with Gasteiger partial charge in [0.15, 0.2) is 0 Å². The van der Waals surface area contributed by atoms with Crippen LogP contribution < -0.4 is 20.1 Å². The van der Waals surface area contributed by atoms with Gasteiger partial charge in [0.1, 0.15) is 23.2 Å². The van der Waals surface area contributed by atoms with Crippen LogP contribution in [0.15, 0.2) is 58.5 Å². The number of halogens is 1. The lowest BCUT2D eigenvalue weighted by Crippen LogP contribution is -2.36. The van der Waals surface area contributed by atoms with E-state index >= 15 is 0 Å². The van der Waals surface area contributed by atoms with Gasteiger partial charge in [-0.15, -0.1) is 17.0 Å². The monoisotopic (exact) mass is 580 g/mol. The van der Waals surface area contributed by atoms with Crippen molar-refractivity contribution in [1.82, 2.24) is 10.6 Å². The lowest BCUT2D eigenvalue weighted by atomic mass is 9.92. The number of unbranched alkanes of at least 4 members (excludes halogenated alkanes) is 2. The zero-order valence-corrected chi connectivity index (χ0v) is 24.0. The molecule has 0 radical (unpaired) electrons. The lowest BCUT2D eigenvalue weighted by Gasteiger charge is -2.23. The molecule has 2 aliphatic carbocycles. The molecule has 2 aromatic carbocycles. The summed E-state index contributed by atoms with van der Waals surface area (Å²) >= 11 is 0. The van der Waals surface area contributed by atoms with Crippen molar-refractivity contribution < 1.29 is 9.47 Å². The van der Waals surface area contributed by atoms with Gasteiger partial charge >= 0.3 is 0 Å². The molecule has 0 aromatic heterocycles. The minimum Gasteiger partial charge on any atom is -0.494 e. The number of fused-ring (bicyclic) bond motifs is 2. The zero-order valence-electron chi connectivity index (χ0n) is 22.2. The van der Waals surface area contributed by atoms with E-state index in [1.807, 2.05) is 0 Å². The van der Waals surface area contributed by atoms with E-state index in [-0.39, 0.29) is 17.0 Å². The van der Waals surface area contributed by atoms with Crippen LogP contribution in [0.4, 0.5) is 0 Å². The molecule has 4 aliphatic rings. The Morgan fingerprint density at radius 3 is 1.42 bits per heavy atom. The molecular weight excluding hydrogens is 540 g/mol. The first-order valence-corrected chi connectivity index (χ1v) is 14.5. The van der Waals surface area contributed by atoms with Gasteiger partial charge in [-0.05, 0) is 93.5 Å². The van der Waals surface area contributed by atoms with Crippen molar-refractivity contribution in [2.45, 2.75) is 94.8 Å². The average Bonchev–Trinajstić information content (AvgIpc) is 3.58. The summed E-state index contributed by atoms with van der Waals surface area (Å²) in [5.41, 5.74) is 2.33. The maximum atomic E-state index is 5.96. The van der Waals surface area contributed by atoms with Crippen molar-refractivity contribution in [2.75, 3.05) is 13.2 Å². The number of benzene rings is 2. The summed E-state index contributed by atoms with van der Waals surface area (Å²) in [5, 5.41) is 7.25. The molecule has 2 fully saturated rings. The molecule has 6 nitrogen and oxygen atoms in total. The van der Waals surface area contributed by atoms with Crippen LogP contribution in [-0.4, -0.2) is 49.1 Å². The number of amidine groups is 2. The standard InChI is InChI=1S/C31H40N4O2.BrH/c1(6-20-36-24-16-12-22(13-17-24)30-32-26-8-2-3-9-27(26)33-30)7-21-37-25-18-14-23(15-19-25)31-34-28-10-4-5-11-29(28)35-31;/h12-19,26-29H,1-11,20-21H2,(H,32,33)(H,34,35);1H/t26-,27-,28+,29+;. The summed E-state index contributed by atoms with van der Waals surface area (Å²) in [6, 6.07) is 18.8. The van der Waals surface area contributed by atoms with Gasteiger partial charge in [0.2, 0.25) is 0 Å². The van der Waals surface area contributed by atoms with E-state index in [1.165, 1.54) is 51.4 Å². The van der Waals surface area contributed by atoms with Gasteiger partial charge in [0, 0.05) is 23.2 Å². The van der Waals surface area contributed by atoms with Crippen molar-refractivity contribution in [1.29, 1.82) is 0 Å². The third-order valence-electron chi connectivity index (χ3n) is 8.27. The average molecular weight is 582 g/mol. The first-order chi connectivity index (χ1) is 18.3. The summed E-state index contributed by atoms with van der Waals surface area (Å²) in [6.07, 6.45) is 13.3. The Morgan fingerprint density at radius 2 is 1.00 bits per heavy atom. The number of ether oxygens (including phenoxy) is 2. The molecule has 0 amide bonds. The number of rotatable bonds is 10. The highest BCUT2D eigenvalue weighted by atomic mass is 79.9. The molecule has 6 rings (SSSR count). The third kappa shape index (κ3) is 6.53. The Morgan fingerprint density at radius 1 is 0.579 bits per heavy atom. The van der Waals surface area contributed by atoms with Gasteiger partial charge in [0.05, 0.1) is 25.3 Å². The Balaban J connectivity index is 0.00000294. The Kier molecular flexibility index (Phi) is 9.26. The maximum absolute atomic E-state index is 5.96. The second kappa shape index (κ2) is 13.0. The molecule has 2 aliphatic heterocycles. The van der Waals surface area contributed by atoms with E-state index in [0.29, 0.717) is 24.2 Å². The first kappa shape index (κ1) is 27.0. The smallest absolute Gasteiger partial charge is 0.128 e. The first-order valence-electron chi connectivity index (χ1n) is 14.5. The Hall–Kier alpha value is -2.54. The van der Waals surface area contributed by atoms with Gasteiger partial charge in [-0.3, -0.25) is 9.98 Å². The van der Waals surface area contributed by atoms with Crippen molar-refractivity contribution in [3.8, 4) is 11.5 Å². The molecule has 2 aromatic rings. The summed E-state index contributed by atoms with van der Waals surface area (Å²) in [5.74, 6) is 3.97. The predicted molar refractivity (Wildman–Crippen MR) is 159 cm³/mol. The van der Waals surface area contributed by atoms with Crippen LogP contribution in [0.25, 0.3) is 0 Å². The van der Waals surface area contributed by atoms with E-state index in [9.17, 15) is 0 Å². The molecule has 2 saturated carbocycles. The molecule has 0 saturated heterocycles. The molecule has 7 heteroatoms. The Bertz CT molecular complexity index is 1010. The van der Waals surface area contributed by atoms with Crippen LogP contribution in [0.5, 0.6) is 11.5 Å². The molecule has 0 spiro atoms. The largest absolute Gasteiger partial charge is 0.494 e. The van der Waals surface area contributed by atoms with Crippen LogP contribution in [0.1, 0.15) is 81.8 Å². The summed E-state index contributed by atoms with van der Waals surface area (Å²) in [7, 11) is 0. The van der Waals surface area contributed by atoms with Gasteiger partial charge in [-0.2, -0.15) is 0 Å². The quantitative estimate of drug-likeness (QED) is 0.328. The fraction of sp³-hybridized carbons (Fsp3) is 0.548. The maximum Gasteiger partial charge on any atom is 0.128 e. The van der Waals surface area contributed by atoms with Crippen molar-refractivity contribution in [2.24, 2.45) is 9.98 Å². The zero-order chi connectivity index (χ0) is 24.9. The number of hydrogen-bond donors (Lipinski definition) is 2. The van der Waals surface area contributed by atoms with E-state index in [4.69, 9.17) is 19.5 Å². The highest BCUT2D eigenvalue weighted by molar-refractivity contribution is 8.93. The van der Waals surface area contributed by atoms with E-state index in [0.717, 1.165) is 66.8 Å². The van der Waals surface area contributed by atoms with Crippen LogP contribution >= 0.6 is 17.0 Å². The van der Waals surface area contributed by atoms with Crippen molar-refractivity contribution >= 4 is 28.7 Å².